The Morgan fingerprint density at radius 2 is 1.67 bits per heavy atom. The number of sulfonamides is 1. The van der Waals surface area contributed by atoms with E-state index in [1.807, 2.05) is 12.1 Å². The lowest BCUT2D eigenvalue weighted by atomic mass is 9.96. The average Bonchev–Trinajstić information content (AvgIpc) is 3.36. The van der Waals surface area contributed by atoms with Crippen LogP contribution in [0.3, 0.4) is 0 Å². The Balaban J connectivity index is 1.55. The molecule has 0 radical (unpaired) electrons. The summed E-state index contributed by atoms with van der Waals surface area (Å²) in [5.74, 6) is -1.87. The van der Waals surface area contributed by atoms with Gasteiger partial charge in [-0.2, -0.15) is 4.31 Å². The van der Waals surface area contributed by atoms with E-state index in [1.54, 1.807) is 12.1 Å². The number of carbonyl (C=O) groups is 2. The summed E-state index contributed by atoms with van der Waals surface area (Å²) in [4.78, 5) is 26.0. The van der Waals surface area contributed by atoms with Gasteiger partial charge >= 0.3 is 0 Å². The monoisotopic (exact) mass is 474 g/mol. The molecule has 2 fully saturated rings. The van der Waals surface area contributed by atoms with Gasteiger partial charge in [0.2, 0.25) is 15.9 Å². The highest BCUT2D eigenvalue weighted by atomic mass is 32.2. The minimum atomic E-state index is -4.00. The molecule has 2 aromatic rings. The summed E-state index contributed by atoms with van der Waals surface area (Å²) in [6, 6.07) is 10.6. The predicted molar refractivity (Wildman–Crippen MR) is 123 cm³/mol. The highest BCUT2D eigenvalue weighted by Gasteiger charge is 2.30. The highest BCUT2D eigenvalue weighted by molar-refractivity contribution is 7.89. The van der Waals surface area contributed by atoms with Crippen molar-refractivity contribution >= 4 is 33.2 Å². The van der Waals surface area contributed by atoms with Crippen molar-refractivity contribution in [3.8, 4) is 0 Å². The van der Waals surface area contributed by atoms with Gasteiger partial charge in [0.25, 0.3) is 5.91 Å². The maximum atomic E-state index is 14.4. The first-order valence-corrected chi connectivity index (χ1v) is 12.5. The van der Waals surface area contributed by atoms with Gasteiger partial charge in [-0.05, 0) is 56.0 Å². The second-order valence-corrected chi connectivity index (χ2v) is 10.3. The third-order valence-corrected chi connectivity index (χ3v) is 8.18. The summed E-state index contributed by atoms with van der Waals surface area (Å²) in [6.07, 6.45) is 2.73. The summed E-state index contributed by atoms with van der Waals surface area (Å²) < 4.78 is 41.4. The number of carbonyl (C=O) groups excluding carboxylic acids is 2. The molecule has 10 heteroatoms. The van der Waals surface area contributed by atoms with E-state index < -0.39 is 26.6 Å². The minimum absolute atomic E-state index is 0.0522. The molecule has 0 aliphatic carbocycles. The molecule has 2 amide bonds. The van der Waals surface area contributed by atoms with Crippen molar-refractivity contribution in [3.63, 3.8) is 0 Å². The van der Waals surface area contributed by atoms with Crippen molar-refractivity contribution < 1.29 is 22.4 Å². The van der Waals surface area contributed by atoms with Crippen molar-refractivity contribution in [2.75, 3.05) is 36.4 Å². The third-order valence-electron chi connectivity index (χ3n) is 6.27. The zero-order valence-corrected chi connectivity index (χ0v) is 19.0. The molecule has 2 aliphatic heterocycles. The molecule has 0 saturated carbocycles. The van der Waals surface area contributed by atoms with Gasteiger partial charge in [-0.3, -0.25) is 9.59 Å². The van der Waals surface area contributed by atoms with Gasteiger partial charge in [0.15, 0.2) is 0 Å². The van der Waals surface area contributed by atoms with Crippen molar-refractivity contribution in [1.29, 1.82) is 0 Å². The van der Waals surface area contributed by atoms with E-state index in [0.29, 0.717) is 44.7 Å². The molecule has 2 saturated heterocycles. The van der Waals surface area contributed by atoms with E-state index in [0.717, 1.165) is 30.7 Å². The number of anilines is 2. The topological polar surface area (TPSA) is 113 Å². The van der Waals surface area contributed by atoms with E-state index in [1.165, 1.54) is 10.4 Å². The first-order chi connectivity index (χ1) is 15.8. The van der Waals surface area contributed by atoms with Crippen LogP contribution in [-0.2, 0) is 14.8 Å². The first kappa shape index (κ1) is 23.2. The number of primary amides is 1. The standard InChI is InChI=1S/C23H27FN4O4S/c24-18-8-7-17(15-21(18)33(31,32)28-11-3-4-12-28)23(30)26-19-5-1-2-6-20(19)27-13-9-16(10-14-27)22(25)29/h1-2,5-8,15-16H,3-4,9-14H2,(H2,25,29)(H,26,30). The van der Waals surface area contributed by atoms with Crippen LogP contribution in [0.15, 0.2) is 47.4 Å². The van der Waals surface area contributed by atoms with Crippen LogP contribution >= 0.6 is 0 Å². The second-order valence-electron chi connectivity index (χ2n) is 8.39. The summed E-state index contributed by atoms with van der Waals surface area (Å²) >= 11 is 0. The van der Waals surface area contributed by atoms with Crippen molar-refractivity contribution in [2.45, 2.75) is 30.6 Å². The number of amides is 2. The zero-order valence-electron chi connectivity index (χ0n) is 18.2. The fraction of sp³-hybridized carbons (Fsp3) is 0.391. The summed E-state index contributed by atoms with van der Waals surface area (Å²) in [5, 5.41) is 2.82. The number of rotatable bonds is 6. The van der Waals surface area contributed by atoms with Crippen LogP contribution in [0.1, 0.15) is 36.0 Å². The third kappa shape index (κ3) is 4.86. The first-order valence-electron chi connectivity index (χ1n) is 11.0. The maximum Gasteiger partial charge on any atom is 0.255 e. The maximum absolute atomic E-state index is 14.4. The molecular formula is C23H27FN4O4S. The summed E-state index contributed by atoms with van der Waals surface area (Å²) in [5.41, 5.74) is 6.81. The van der Waals surface area contributed by atoms with Gasteiger partial charge in [-0.15, -0.1) is 0 Å². The molecule has 0 bridgehead atoms. The van der Waals surface area contributed by atoms with Crippen LogP contribution in [0, 0.1) is 11.7 Å². The molecule has 33 heavy (non-hydrogen) atoms. The number of para-hydroxylation sites is 2. The fourth-order valence-corrected chi connectivity index (χ4v) is 5.97. The number of halogens is 1. The Morgan fingerprint density at radius 3 is 2.33 bits per heavy atom. The average molecular weight is 475 g/mol. The van der Waals surface area contributed by atoms with Crippen LogP contribution in [0.2, 0.25) is 0 Å². The van der Waals surface area contributed by atoms with Gasteiger partial charge in [0, 0.05) is 37.7 Å². The molecule has 2 aliphatic rings. The van der Waals surface area contributed by atoms with Crippen molar-refractivity contribution in [1.82, 2.24) is 4.31 Å². The molecule has 2 aromatic carbocycles. The number of piperidine rings is 1. The van der Waals surface area contributed by atoms with Gasteiger partial charge < -0.3 is 16.0 Å². The quantitative estimate of drug-likeness (QED) is 0.668. The lowest BCUT2D eigenvalue weighted by Gasteiger charge is -2.33. The molecular weight excluding hydrogens is 447 g/mol. The summed E-state index contributed by atoms with van der Waals surface area (Å²) in [6.45, 7) is 1.93. The molecule has 0 spiro atoms. The number of benzene rings is 2. The van der Waals surface area contributed by atoms with Gasteiger partial charge in [0.05, 0.1) is 11.4 Å². The second kappa shape index (κ2) is 9.48. The van der Waals surface area contributed by atoms with Crippen LogP contribution < -0.4 is 16.0 Å². The van der Waals surface area contributed by atoms with Crippen LogP contribution in [0.4, 0.5) is 15.8 Å². The van der Waals surface area contributed by atoms with Crippen LogP contribution in [0.25, 0.3) is 0 Å². The normalized spacial score (nSPS) is 17.8. The van der Waals surface area contributed by atoms with E-state index >= 15 is 0 Å². The number of nitrogens with two attached hydrogens (primary N) is 1. The molecule has 176 valence electrons. The Hall–Kier alpha value is -2.98. The van der Waals surface area contributed by atoms with E-state index in [9.17, 15) is 22.4 Å². The Morgan fingerprint density at radius 1 is 1.00 bits per heavy atom. The number of hydrogen-bond donors (Lipinski definition) is 2. The van der Waals surface area contributed by atoms with E-state index in [4.69, 9.17) is 5.73 Å². The van der Waals surface area contributed by atoms with E-state index in [2.05, 4.69) is 10.2 Å². The number of nitrogens with one attached hydrogen (secondary N) is 1. The molecule has 2 heterocycles. The molecule has 3 N–H and O–H groups in total. The lowest BCUT2D eigenvalue weighted by molar-refractivity contribution is -0.122. The number of nitrogens with zero attached hydrogens (tertiary/aromatic N) is 2. The SMILES string of the molecule is NC(=O)C1CCN(c2ccccc2NC(=O)c2ccc(F)c(S(=O)(=O)N3CCCC3)c2)CC1. The zero-order chi connectivity index (χ0) is 23.6. The largest absolute Gasteiger partial charge is 0.370 e. The van der Waals surface area contributed by atoms with Gasteiger partial charge in [-0.1, -0.05) is 12.1 Å². The Kier molecular flexibility index (Phi) is 6.66. The van der Waals surface area contributed by atoms with Crippen LogP contribution in [0.5, 0.6) is 0 Å². The number of hydrogen-bond acceptors (Lipinski definition) is 5. The van der Waals surface area contributed by atoms with Crippen molar-refractivity contribution in [2.24, 2.45) is 11.7 Å². The van der Waals surface area contributed by atoms with Crippen molar-refractivity contribution in [3.05, 3.63) is 53.8 Å². The smallest absolute Gasteiger partial charge is 0.255 e. The fourth-order valence-electron chi connectivity index (χ4n) is 4.36. The Bertz CT molecular complexity index is 1160. The Labute approximate surface area is 192 Å². The molecule has 8 nitrogen and oxygen atoms in total. The molecule has 0 aromatic heterocycles. The predicted octanol–water partition coefficient (Wildman–Crippen LogP) is 2.56. The van der Waals surface area contributed by atoms with Gasteiger partial charge in [0.1, 0.15) is 10.7 Å². The lowest BCUT2D eigenvalue weighted by Crippen LogP contribution is -2.38. The highest BCUT2D eigenvalue weighted by Crippen LogP contribution is 2.31. The van der Waals surface area contributed by atoms with E-state index in [-0.39, 0.29) is 17.4 Å². The van der Waals surface area contributed by atoms with Gasteiger partial charge in [-0.25, -0.2) is 12.8 Å². The van der Waals surface area contributed by atoms with Crippen LogP contribution in [-0.4, -0.2) is 50.7 Å². The molecule has 0 atom stereocenters. The summed E-state index contributed by atoms with van der Waals surface area (Å²) in [7, 11) is -4.00. The molecule has 4 rings (SSSR count). The minimum Gasteiger partial charge on any atom is -0.370 e. The molecule has 0 unspecified atom stereocenters.